The Kier molecular flexibility index (Phi) is 10.2. The average molecular weight is 356 g/mol. The highest BCUT2D eigenvalue weighted by Crippen LogP contribution is 2.17. The van der Waals surface area contributed by atoms with Crippen LogP contribution in [0.15, 0.2) is 28.7 Å². The van der Waals surface area contributed by atoms with E-state index in [9.17, 15) is 0 Å². The van der Waals surface area contributed by atoms with Gasteiger partial charge in [-0.2, -0.15) is 0 Å². The molecular formula is C13H21BrCl2N2. The molecule has 5 heteroatoms. The van der Waals surface area contributed by atoms with Gasteiger partial charge in [0.1, 0.15) is 0 Å². The molecule has 0 radical (unpaired) electrons. The summed E-state index contributed by atoms with van der Waals surface area (Å²) in [6, 6.07) is 8.52. The maximum absolute atomic E-state index is 3.60. The topological polar surface area (TPSA) is 15.3 Å². The van der Waals surface area contributed by atoms with Crippen molar-refractivity contribution in [1.29, 1.82) is 0 Å². The minimum absolute atomic E-state index is 0. The lowest BCUT2D eigenvalue weighted by Crippen LogP contribution is -2.43. The zero-order chi connectivity index (χ0) is 11.2. The zero-order valence-corrected chi connectivity index (χ0v) is 13.6. The van der Waals surface area contributed by atoms with Crippen molar-refractivity contribution in [3.8, 4) is 0 Å². The summed E-state index contributed by atoms with van der Waals surface area (Å²) in [5.41, 5.74) is 1.43. The number of hydrogen-bond acceptors (Lipinski definition) is 2. The molecule has 1 saturated heterocycles. The summed E-state index contributed by atoms with van der Waals surface area (Å²) < 4.78 is 1.25. The third-order valence-electron chi connectivity index (χ3n) is 3.09. The second kappa shape index (κ2) is 10.0. The molecule has 0 spiro atoms. The van der Waals surface area contributed by atoms with Gasteiger partial charge in [-0.25, -0.2) is 0 Å². The molecule has 2 nitrogen and oxygen atoms in total. The van der Waals surface area contributed by atoms with Crippen molar-refractivity contribution in [2.75, 3.05) is 32.7 Å². The maximum atomic E-state index is 3.60. The fourth-order valence-corrected chi connectivity index (χ4v) is 2.61. The molecule has 0 atom stereocenters. The van der Waals surface area contributed by atoms with Crippen LogP contribution in [0.1, 0.15) is 12.0 Å². The molecule has 1 aromatic rings. The molecule has 1 aromatic carbocycles. The highest BCUT2D eigenvalue weighted by molar-refractivity contribution is 9.10. The molecule has 0 aliphatic carbocycles. The second-order valence-electron chi connectivity index (χ2n) is 4.29. The molecule has 1 N–H and O–H groups in total. The number of rotatable bonds is 4. The molecule has 0 bridgehead atoms. The predicted molar refractivity (Wildman–Crippen MR) is 86.3 cm³/mol. The van der Waals surface area contributed by atoms with Crippen LogP contribution >= 0.6 is 40.7 Å². The zero-order valence-electron chi connectivity index (χ0n) is 10.4. The Morgan fingerprint density at radius 2 is 1.78 bits per heavy atom. The van der Waals surface area contributed by atoms with E-state index in [1.54, 1.807) is 0 Å². The number of piperazine rings is 1. The summed E-state index contributed by atoms with van der Waals surface area (Å²) in [6.45, 7) is 5.93. The van der Waals surface area contributed by atoms with E-state index >= 15 is 0 Å². The molecule has 0 saturated carbocycles. The number of nitrogens with zero attached hydrogens (tertiary/aromatic N) is 1. The first-order chi connectivity index (χ1) is 7.86. The summed E-state index contributed by atoms with van der Waals surface area (Å²) in [5, 5.41) is 3.38. The normalized spacial score (nSPS) is 15.6. The molecule has 0 unspecified atom stereocenters. The van der Waals surface area contributed by atoms with Crippen LogP contribution in [0.3, 0.4) is 0 Å². The lowest BCUT2D eigenvalue weighted by atomic mass is 10.1. The van der Waals surface area contributed by atoms with Crippen LogP contribution < -0.4 is 5.32 Å². The molecule has 1 aliphatic rings. The quantitative estimate of drug-likeness (QED) is 0.892. The number of aryl methyl sites for hydroxylation is 1. The van der Waals surface area contributed by atoms with E-state index in [0.717, 1.165) is 13.1 Å². The highest BCUT2D eigenvalue weighted by Gasteiger charge is 2.08. The molecular weight excluding hydrogens is 335 g/mol. The second-order valence-corrected chi connectivity index (χ2v) is 5.14. The Labute approximate surface area is 130 Å². The van der Waals surface area contributed by atoms with Gasteiger partial charge in [-0.15, -0.1) is 24.8 Å². The molecule has 104 valence electrons. The third kappa shape index (κ3) is 5.89. The Hall–Kier alpha value is 0.200. The number of benzene rings is 1. The van der Waals surface area contributed by atoms with E-state index in [-0.39, 0.29) is 24.8 Å². The molecule has 1 aliphatic heterocycles. The van der Waals surface area contributed by atoms with Gasteiger partial charge in [0, 0.05) is 30.7 Å². The smallest absolute Gasteiger partial charge is 0.0207 e. The van der Waals surface area contributed by atoms with Crippen molar-refractivity contribution in [2.24, 2.45) is 0 Å². The van der Waals surface area contributed by atoms with Gasteiger partial charge < -0.3 is 10.2 Å². The van der Waals surface area contributed by atoms with E-state index in [1.165, 1.54) is 42.5 Å². The van der Waals surface area contributed by atoms with E-state index in [1.807, 2.05) is 0 Å². The van der Waals surface area contributed by atoms with Crippen molar-refractivity contribution in [1.82, 2.24) is 10.2 Å². The minimum Gasteiger partial charge on any atom is -0.314 e. The van der Waals surface area contributed by atoms with Gasteiger partial charge in [0.25, 0.3) is 0 Å². The maximum Gasteiger partial charge on any atom is 0.0207 e. The van der Waals surface area contributed by atoms with Crippen molar-refractivity contribution in [2.45, 2.75) is 12.8 Å². The van der Waals surface area contributed by atoms with Crippen molar-refractivity contribution >= 4 is 40.7 Å². The molecule has 18 heavy (non-hydrogen) atoms. The number of halogens is 3. The average Bonchev–Trinajstić information content (AvgIpc) is 2.33. The predicted octanol–water partition coefficient (Wildman–Crippen LogP) is 3.13. The first-order valence-electron chi connectivity index (χ1n) is 6.03. The largest absolute Gasteiger partial charge is 0.314 e. The van der Waals surface area contributed by atoms with Gasteiger partial charge in [-0.1, -0.05) is 34.1 Å². The minimum atomic E-state index is 0. The van der Waals surface area contributed by atoms with E-state index in [2.05, 4.69) is 50.4 Å². The Bertz CT molecular complexity index is 331. The Morgan fingerprint density at radius 3 is 2.44 bits per heavy atom. The lowest BCUT2D eigenvalue weighted by molar-refractivity contribution is 0.238. The summed E-state index contributed by atoms with van der Waals surface area (Å²) in [6.07, 6.45) is 2.42. The van der Waals surface area contributed by atoms with Gasteiger partial charge in [0.2, 0.25) is 0 Å². The molecule has 1 heterocycles. The van der Waals surface area contributed by atoms with E-state index in [0.29, 0.717) is 0 Å². The molecule has 1 fully saturated rings. The fourth-order valence-electron chi connectivity index (χ4n) is 2.13. The summed E-state index contributed by atoms with van der Waals surface area (Å²) in [5.74, 6) is 0. The standard InChI is InChI=1S/C13H19BrN2.2ClH/c14-13-6-2-1-4-12(13)5-3-9-16-10-7-15-8-11-16;;/h1-2,4,6,15H,3,5,7-11H2;2*1H. The van der Waals surface area contributed by atoms with Crippen LogP contribution in [0.5, 0.6) is 0 Å². The third-order valence-corrected chi connectivity index (χ3v) is 3.86. The van der Waals surface area contributed by atoms with Crippen LogP contribution in [-0.4, -0.2) is 37.6 Å². The van der Waals surface area contributed by atoms with Crippen LogP contribution in [0, 0.1) is 0 Å². The summed E-state index contributed by atoms with van der Waals surface area (Å²) >= 11 is 3.60. The summed E-state index contributed by atoms with van der Waals surface area (Å²) in [4.78, 5) is 2.55. The van der Waals surface area contributed by atoms with Crippen LogP contribution in [-0.2, 0) is 6.42 Å². The SMILES string of the molecule is Brc1ccccc1CCCN1CCNCC1.Cl.Cl. The van der Waals surface area contributed by atoms with Crippen molar-refractivity contribution < 1.29 is 0 Å². The van der Waals surface area contributed by atoms with Crippen molar-refractivity contribution in [3.05, 3.63) is 34.3 Å². The highest BCUT2D eigenvalue weighted by atomic mass is 79.9. The first-order valence-corrected chi connectivity index (χ1v) is 6.82. The Morgan fingerprint density at radius 1 is 1.11 bits per heavy atom. The van der Waals surface area contributed by atoms with E-state index < -0.39 is 0 Å². The van der Waals surface area contributed by atoms with Crippen molar-refractivity contribution in [3.63, 3.8) is 0 Å². The van der Waals surface area contributed by atoms with Gasteiger partial charge >= 0.3 is 0 Å². The van der Waals surface area contributed by atoms with E-state index in [4.69, 9.17) is 0 Å². The van der Waals surface area contributed by atoms with Gasteiger partial charge in [0.15, 0.2) is 0 Å². The van der Waals surface area contributed by atoms with Gasteiger partial charge in [-0.3, -0.25) is 0 Å². The summed E-state index contributed by atoms with van der Waals surface area (Å²) in [7, 11) is 0. The lowest BCUT2D eigenvalue weighted by Gasteiger charge is -2.27. The van der Waals surface area contributed by atoms with Gasteiger partial charge in [-0.05, 0) is 31.0 Å². The molecule has 2 rings (SSSR count). The molecule has 0 aromatic heterocycles. The monoisotopic (exact) mass is 354 g/mol. The van der Waals surface area contributed by atoms with Crippen LogP contribution in [0.4, 0.5) is 0 Å². The van der Waals surface area contributed by atoms with Gasteiger partial charge in [0.05, 0.1) is 0 Å². The number of nitrogens with one attached hydrogen (secondary N) is 1. The molecule has 0 amide bonds. The first kappa shape index (κ1) is 18.2. The number of hydrogen-bond donors (Lipinski definition) is 1. The Balaban J connectivity index is 0.00000144. The van der Waals surface area contributed by atoms with Crippen LogP contribution in [0.25, 0.3) is 0 Å². The van der Waals surface area contributed by atoms with Crippen LogP contribution in [0.2, 0.25) is 0 Å². The fraction of sp³-hybridized carbons (Fsp3) is 0.538.